The van der Waals surface area contributed by atoms with Gasteiger partial charge < -0.3 is 5.32 Å². The van der Waals surface area contributed by atoms with Crippen LogP contribution in [-0.2, 0) is 10.5 Å². The number of nitrogens with zero attached hydrogens (tertiary/aromatic N) is 1. The third-order valence-electron chi connectivity index (χ3n) is 5.08. The van der Waals surface area contributed by atoms with Crippen LogP contribution in [-0.4, -0.2) is 10.8 Å². The molecular formula is C28H22N2O3S. The molecule has 0 aliphatic heterocycles. The summed E-state index contributed by atoms with van der Waals surface area (Å²) >= 11 is 1.76. The highest BCUT2D eigenvalue weighted by Crippen LogP contribution is 2.25. The van der Waals surface area contributed by atoms with Gasteiger partial charge in [-0.05, 0) is 47.0 Å². The fourth-order valence-corrected chi connectivity index (χ4v) is 4.23. The lowest BCUT2D eigenvalue weighted by molar-refractivity contribution is -0.384. The number of anilines is 1. The number of non-ortho nitro benzene ring substituents is 1. The topological polar surface area (TPSA) is 72.2 Å². The highest BCUT2D eigenvalue weighted by molar-refractivity contribution is 7.98. The molecule has 0 aromatic heterocycles. The number of amides is 1. The summed E-state index contributed by atoms with van der Waals surface area (Å²) in [6.45, 7) is 0. The Bertz CT molecular complexity index is 1300. The van der Waals surface area contributed by atoms with E-state index >= 15 is 0 Å². The number of carbonyl (C=O) groups excluding carboxylic acids is 1. The summed E-state index contributed by atoms with van der Waals surface area (Å²) in [5, 5.41) is 14.1. The van der Waals surface area contributed by atoms with Crippen LogP contribution in [0.15, 0.2) is 114 Å². The molecule has 1 amide bonds. The Kier molecular flexibility index (Phi) is 7.53. The van der Waals surface area contributed by atoms with Crippen LogP contribution in [0, 0.1) is 10.1 Å². The molecule has 0 bridgehead atoms. The average molecular weight is 467 g/mol. The van der Waals surface area contributed by atoms with Crippen LogP contribution in [0.2, 0.25) is 0 Å². The monoisotopic (exact) mass is 466 g/mol. The van der Waals surface area contributed by atoms with Crippen LogP contribution in [0.25, 0.3) is 11.6 Å². The Labute approximate surface area is 202 Å². The highest BCUT2D eigenvalue weighted by Gasteiger charge is 2.14. The van der Waals surface area contributed by atoms with Gasteiger partial charge in [-0.15, -0.1) is 11.8 Å². The number of hydrogen-bond donors (Lipinski definition) is 1. The van der Waals surface area contributed by atoms with Crippen LogP contribution in [0.3, 0.4) is 0 Å². The number of thioether (sulfide) groups is 1. The molecule has 34 heavy (non-hydrogen) atoms. The normalized spacial score (nSPS) is 11.1. The quantitative estimate of drug-likeness (QED) is 0.0991. The molecule has 0 aliphatic carbocycles. The van der Waals surface area contributed by atoms with Crippen molar-refractivity contribution in [2.24, 2.45) is 0 Å². The average Bonchev–Trinajstić information content (AvgIpc) is 2.88. The summed E-state index contributed by atoms with van der Waals surface area (Å²) in [6.07, 6.45) is 1.67. The van der Waals surface area contributed by atoms with Crippen molar-refractivity contribution in [1.29, 1.82) is 0 Å². The first kappa shape index (κ1) is 23.0. The number of benzene rings is 4. The molecule has 0 saturated carbocycles. The molecule has 0 radical (unpaired) electrons. The van der Waals surface area contributed by atoms with Crippen LogP contribution < -0.4 is 5.32 Å². The number of hydrogen-bond acceptors (Lipinski definition) is 4. The molecule has 0 atom stereocenters. The minimum absolute atomic E-state index is 0.0227. The van der Waals surface area contributed by atoms with Crippen LogP contribution >= 0.6 is 11.8 Å². The van der Waals surface area contributed by atoms with Crippen LogP contribution in [0.4, 0.5) is 11.4 Å². The van der Waals surface area contributed by atoms with Gasteiger partial charge >= 0.3 is 0 Å². The Morgan fingerprint density at radius 2 is 1.53 bits per heavy atom. The Morgan fingerprint density at radius 3 is 2.21 bits per heavy atom. The number of nitrogens with one attached hydrogen (secondary N) is 1. The van der Waals surface area contributed by atoms with Gasteiger partial charge in [0.15, 0.2) is 0 Å². The van der Waals surface area contributed by atoms with Gasteiger partial charge in [0, 0.05) is 34.0 Å². The minimum Gasteiger partial charge on any atom is -0.322 e. The molecule has 168 valence electrons. The summed E-state index contributed by atoms with van der Waals surface area (Å²) in [4.78, 5) is 25.1. The van der Waals surface area contributed by atoms with Gasteiger partial charge in [-0.3, -0.25) is 14.9 Å². The molecule has 0 saturated heterocycles. The van der Waals surface area contributed by atoms with Crippen molar-refractivity contribution < 1.29 is 9.72 Å². The number of rotatable bonds is 8. The van der Waals surface area contributed by atoms with Gasteiger partial charge in [-0.25, -0.2) is 0 Å². The van der Waals surface area contributed by atoms with Gasteiger partial charge in [-0.1, -0.05) is 72.8 Å². The highest BCUT2D eigenvalue weighted by atomic mass is 32.2. The van der Waals surface area contributed by atoms with E-state index in [1.807, 2.05) is 72.8 Å². The van der Waals surface area contributed by atoms with Gasteiger partial charge in [0.2, 0.25) is 0 Å². The molecule has 0 fully saturated rings. The van der Waals surface area contributed by atoms with Crippen molar-refractivity contribution in [3.8, 4) is 0 Å². The number of nitro groups is 1. The van der Waals surface area contributed by atoms with Gasteiger partial charge in [0.1, 0.15) is 0 Å². The van der Waals surface area contributed by atoms with E-state index in [1.54, 1.807) is 30.0 Å². The first-order valence-corrected chi connectivity index (χ1v) is 11.7. The summed E-state index contributed by atoms with van der Waals surface area (Å²) in [7, 11) is 0. The van der Waals surface area contributed by atoms with E-state index in [0.717, 1.165) is 16.9 Å². The van der Waals surface area contributed by atoms with E-state index < -0.39 is 4.92 Å². The van der Waals surface area contributed by atoms with Crippen LogP contribution in [0.5, 0.6) is 0 Å². The Balaban J connectivity index is 1.52. The lowest BCUT2D eigenvalue weighted by Gasteiger charge is -2.11. The third-order valence-corrected chi connectivity index (χ3v) is 6.17. The van der Waals surface area contributed by atoms with E-state index in [0.29, 0.717) is 16.8 Å². The number of carbonyl (C=O) groups is 1. The first-order chi connectivity index (χ1) is 16.6. The molecule has 1 N–H and O–H groups in total. The van der Waals surface area contributed by atoms with Crippen molar-refractivity contribution in [2.45, 2.75) is 10.6 Å². The second-order valence-electron chi connectivity index (χ2n) is 7.53. The van der Waals surface area contributed by atoms with Gasteiger partial charge in [0.05, 0.1) is 4.92 Å². The third kappa shape index (κ3) is 6.21. The Hall–Kier alpha value is -4.16. The van der Waals surface area contributed by atoms with Crippen molar-refractivity contribution in [3.05, 3.63) is 136 Å². The maximum Gasteiger partial charge on any atom is 0.270 e. The van der Waals surface area contributed by atoms with E-state index in [1.165, 1.54) is 17.0 Å². The largest absolute Gasteiger partial charge is 0.322 e. The molecule has 4 rings (SSSR count). The molecule has 6 heteroatoms. The lowest BCUT2D eigenvalue weighted by Crippen LogP contribution is -2.13. The predicted octanol–water partition coefficient (Wildman–Crippen LogP) is 7.07. The zero-order valence-corrected chi connectivity index (χ0v) is 19.1. The molecule has 0 unspecified atom stereocenters. The summed E-state index contributed by atoms with van der Waals surface area (Å²) in [5.41, 5.74) is 3.54. The lowest BCUT2D eigenvalue weighted by atomic mass is 10.0. The summed E-state index contributed by atoms with van der Waals surface area (Å²) in [5.74, 6) is 0.546. The molecule has 0 aliphatic rings. The SMILES string of the molecule is O=C(Nc1ccc(CSc2ccccc2)cc1)/C(=C/c1cccc([N+](=O)[O-])c1)c1ccccc1. The second kappa shape index (κ2) is 11.1. The van der Waals surface area contributed by atoms with E-state index in [4.69, 9.17) is 0 Å². The smallest absolute Gasteiger partial charge is 0.270 e. The molecule has 0 heterocycles. The zero-order chi connectivity index (χ0) is 23.8. The van der Waals surface area contributed by atoms with Crippen molar-refractivity contribution >= 4 is 40.7 Å². The van der Waals surface area contributed by atoms with Crippen molar-refractivity contribution in [1.82, 2.24) is 0 Å². The minimum atomic E-state index is -0.447. The first-order valence-electron chi connectivity index (χ1n) is 10.7. The second-order valence-corrected chi connectivity index (χ2v) is 8.58. The Morgan fingerprint density at radius 1 is 0.853 bits per heavy atom. The predicted molar refractivity (Wildman–Crippen MR) is 138 cm³/mol. The fraction of sp³-hybridized carbons (Fsp3) is 0.0357. The number of nitro benzene ring substituents is 1. The summed E-state index contributed by atoms with van der Waals surface area (Å²) in [6, 6.07) is 33.4. The molecule has 4 aromatic rings. The van der Waals surface area contributed by atoms with Gasteiger partial charge in [-0.2, -0.15) is 0 Å². The standard InChI is InChI=1S/C28H22N2O3S/c31-28(29-24-16-14-21(15-17-24)20-34-26-12-5-2-6-13-26)27(23-9-3-1-4-10-23)19-22-8-7-11-25(18-22)30(32)33/h1-19H,20H2,(H,29,31)/b27-19+. The van der Waals surface area contributed by atoms with E-state index in [2.05, 4.69) is 17.4 Å². The maximum atomic E-state index is 13.2. The van der Waals surface area contributed by atoms with Crippen LogP contribution in [0.1, 0.15) is 16.7 Å². The molecular weight excluding hydrogens is 444 g/mol. The van der Waals surface area contributed by atoms with E-state index in [9.17, 15) is 14.9 Å². The molecule has 5 nitrogen and oxygen atoms in total. The molecule has 4 aromatic carbocycles. The van der Waals surface area contributed by atoms with Crippen molar-refractivity contribution in [2.75, 3.05) is 5.32 Å². The summed E-state index contributed by atoms with van der Waals surface area (Å²) < 4.78 is 0. The van der Waals surface area contributed by atoms with E-state index in [-0.39, 0.29) is 11.6 Å². The molecule has 0 spiro atoms. The maximum absolute atomic E-state index is 13.2. The van der Waals surface area contributed by atoms with Crippen molar-refractivity contribution in [3.63, 3.8) is 0 Å². The fourth-order valence-electron chi connectivity index (χ4n) is 3.36. The zero-order valence-electron chi connectivity index (χ0n) is 18.3. The van der Waals surface area contributed by atoms with Gasteiger partial charge in [0.25, 0.3) is 11.6 Å².